The number of likely N-dealkylation sites (N-methyl/N-ethyl adjacent to an activating group) is 1. The fraction of sp³-hybridized carbons (Fsp3) is 0.938. The lowest BCUT2D eigenvalue weighted by atomic mass is 9.91. The van der Waals surface area contributed by atoms with E-state index in [1.54, 1.807) is 0 Å². The van der Waals surface area contributed by atoms with Crippen LogP contribution < -0.4 is 5.32 Å². The molecular formula is C16H28N4. The van der Waals surface area contributed by atoms with Gasteiger partial charge in [0.2, 0.25) is 0 Å². The van der Waals surface area contributed by atoms with Crippen molar-refractivity contribution < 1.29 is 0 Å². The van der Waals surface area contributed by atoms with Gasteiger partial charge in [-0.15, -0.1) is 0 Å². The molecule has 112 valence electrons. The van der Waals surface area contributed by atoms with Crippen LogP contribution in [-0.2, 0) is 0 Å². The summed E-state index contributed by atoms with van der Waals surface area (Å²) in [5, 5.41) is 13.5. The van der Waals surface area contributed by atoms with Crippen molar-refractivity contribution in [3.8, 4) is 6.07 Å². The Bertz CT molecular complexity index is 405. The molecule has 1 aliphatic heterocycles. The number of nitrogens with zero attached hydrogens (tertiary/aromatic N) is 3. The van der Waals surface area contributed by atoms with E-state index in [1.807, 2.05) is 0 Å². The van der Waals surface area contributed by atoms with E-state index in [1.165, 1.54) is 25.7 Å². The highest BCUT2D eigenvalue weighted by atomic mass is 15.3. The lowest BCUT2D eigenvalue weighted by Crippen LogP contribution is -2.63. The van der Waals surface area contributed by atoms with E-state index in [2.05, 4.69) is 42.1 Å². The van der Waals surface area contributed by atoms with E-state index in [4.69, 9.17) is 0 Å². The molecule has 3 rings (SSSR count). The third kappa shape index (κ3) is 2.86. The third-order valence-electron chi connectivity index (χ3n) is 5.38. The molecule has 1 unspecified atom stereocenters. The fourth-order valence-corrected chi connectivity index (χ4v) is 3.45. The largest absolute Gasteiger partial charge is 0.299 e. The molecule has 3 fully saturated rings. The molecular weight excluding hydrogens is 248 g/mol. The van der Waals surface area contributed by atoms with Crippen molar-refractivity contribution in [2.45, 2.75) is 56.7 Å². The molecule has 2 aliphatic carbocycles. The first-order valence-electron chi connectivity index (χ1n) is 8.08. The molecule has 0 spiro atoms. The Morgan fingerprint density at radius 3 is 2.45 bits per heavy atom. The summed E-state index contributed by atoms with van der Waals surface area (Å²) in [6, 6.07) is 3.28. The van der Waals surface area contributed by atoms with Crippen LogP contribution in [0.25, 0.3) is 0 Å². The second kappa shape index (κ2) is 4.98. The van der Waals surface area contributed by atoms with Crippen LogP contribution in [0.15, 0.2) is 0 Å². The topological polar surface area (TPSA) is 42.3 Å². The molecule has 0 aromatic carbocycles. The van der Waals surface area contributed by atoms with Crippen molar-refractivity contribution in [2.24, 2.45) is 5.92 Å². The van der Waals surface area contributed by atoms with Gasteiger partial charge < -0.3 is 0 Å². The molecule has 0 amide bonds. The normalized spacial score (nSPS) is 30.7. The summed E-state index contributed by atoms with van der Waals surface area (Å²) in [6.07, 6.45) is 4.96. The van der Waals surface area contributed by atoms with E-state index >= 15 is 0 Å². The number of piperazine rings is 1. The van der Waals surface area contributed by atoms with Gasteiger partial charge in [-0.25, -0.2) is 0 Å². The van der Waals surface area contributed by atoms with Crippen LogP contribution in [0.3, 0.4) is 0 Å². The molecule has 20 heavy (non-hydrogen) atoms. The number of rotatable bonds is 5. The van der Waals surface area contributed by atoms with Gasteiger partial charge in [-0.2, -0.15) is 5.26 Å². The molecule has 0 aromatic rings. The van der Waals surface area contributed by atoms with Crippen LogP contribution in [-0.4, -0.2) is 60.1 Å². The zero-order valence-corrected chi connectivity index (χ0v) is 13.2. The second-order valence-electron chi connectivity index (χ2n) is 7.72. The summed E-state index contributed by atoms with van der Waals surface area (Å²) in [7, 11) is 2.21. The predicted octanol–water partition coefficient (Wildman–Crippen LogP) is 1.44. The molecule has 1 N–H and O–H groups in total. The summed E-state index contributed by atoms with van der Waals surface area (Å²) in [5.41, 5.74) is -0.0737. The molecule has 0 bridgehead atoms. The molecule has 1 atom stereocenters. The van der Waals surface area contributed by atoms with Crippen molar-refractivity contribution >= 4 is 0 Å². The quantitative estimate of drug-likeness (QED) is 0.825. The minimum Gasteiger partial charge on any atom is -0.299 e. The van der Waals surface area contributed by atoms with Gasteiger partial charge in [-0.3, -0.25) is 15.1 Å². The molecule has 1 saturated heterocycles. The van der Waals surface area contributed by atoms with Gasteiger partial charge in [0, 0.05) is 37.8 Å². The van der Waals surface area contributed by atoms with Gasteiger partial charge in [0.15, 0.2) is 0 Å². The first kappa shape index (κ1) is 14.3. The van der Waals surface area contributed by atoms with E-state index in [9.17, 15) is 5.26 Å². The lowest BCUT2D eigenvalue weighted by molar-refractivity contribution is 0.0275. The van der Waals surface area contributed by atoms with Crippen LogP contribution in [0.1, 0.15) is 39.5 Å². The fourth-order valence-electron chi connectivity index (χ4n) is 3.45. The molecule has 0 aromatic heterocycles. The van der Waals surface area contributed by atoms with Crippen molar-refractivity contribution in [3.63, 3.8) is 0 Å². The predicted molar refractivity (Wildman–Crippen MR) is 80.4 cm³/mol. The Kier molecular flexibility index (Phi) is 3.56. The maximum absolute atomic E-state index is 9.83. The van der Waals surface area contributed by atoms with Gasteiger partial charge in [-0.1, -0.05) is 0 Å². The van der Waals surface area contributed by atoms with Gasteiger partial charge in [0.05, 0.1) is 6.07 Å². The van der Waals surface area contributed by atoms with E-state index in [0.29, 0.717) is 12.0 Å². The summed E-state index contributed by atoms with van der Waals surface area (Å²) in [4.78, 5) is 4.94. The molecule has 1 heterocycles. The van der Waals surface area contributed by atoms with Crippen LogP contribution >= 0.6 is 0 Å². The number of nitriles is 1. The van der Waals surface area contributed by atoms with Gasteiger partial charge in [-0.05, 0) is 52.5 Å². The van der Waals surface area contributed by atoms with Crippen LogP contribution in [0.4, 0.5) is 0 Å². The molecule has 2 saturated carbocycles. The van der Waals surface area contributed by atoms with Crippen LogP contribution in [0, 0.1) is 17.2 Å². The average Bonchev–Trinajstić information content (AvgIpc) is 3.25. The zero-order valence-electron chi connectivity index (χ0n) is 13.2. The maximum atomic E-state index is 9.83. The van der Waals surface area contributed by atoms with Gasteiger partial charge >= 0.3 is 0 Å². The smallest absolute Gasteiger partial charge is 0.122 e. The number of hydrogen-bond donors (Lipinski definition) is 1. The third-order valence-corrected chi connectivity index (χ3v) is 5.38. The first-order chi connectivity index (χ1) is 9.45. The van der Waals surface area contributed by atoms with Crippen LogP contribution in [0.2, 0.25) is 0 Å². The van der Waals surface area contributed by atoms with Gasteiger partial charge in [0.25, 0.3) is 0 Å². The Labute approximate surface area is 123 Å². The highest BCUT2D eigenvalue weighted by Crippen LogP contribution is 2.42. The minimum atomic E-state index is -0.285. The highest BCUT2D eigenvalue weighted by molar-refractivity contribution is 5.19. The second-order valence-corrected chi connectivity index (χ2v) is 7.72. The summed E-state index contributed by atoms with van der Waals surface area (Å²) >= 11 is 0. The van der Waals surface area contributed by atoms with Crippen molar-refractivity contribution in [2.75, 3.05) is 33.2 Å². The minimum absolute atomic E-state index is 0.211. The Balaban J connectivity index is 1.68. The standard InChI is InChI=1S/C16H28N4/c1-15(2)11-20(9-8-19(15)3)12-16(10-17,13-4-5-13)18-14-6-7-14/h13-14,18H,4-9,11-12H2,1-3H3. The van der Waals surface area contributed by atoms with E-state index in [-0.39, 0.29) is 11.1 Å². The molecule has 3 aliphatic rings. The van der Waals surface area contributed by atoms with Crippen molar-refractivity contribution in [3.05, 3.63) is 0 Å². The average molecular weight is 276 g/mol. The Hall–Kier alpha value is -0.630. The highest BCUT2D eigenvalue weighted by Gasteiger charge is 2.49. The van der Waals surface area contributed by atoms with Crippen molar-refractivity contribution in [1.29, 1.82) is 5.26 Å². The lowest BCUT2D eigenvalue weighted by Gasteiger charge is -2.47. The van der Waals surface area contributed by atoms with Gasteiger partial charge in [0.1, 0.15) is 5.54 Å². The number of nitrogens with one attached hydrogen (secondary N) is 1. The summed E-state index contributed by atoms with van der Waals surface area (Å²) in [6.45, 7) is 8.76. The van der Waals surface area contributed by atoms with E-state index < -0.39 is 0 Å². The summed E-state index contributed by atoms with van der Waals surface area (Å²) < 4.78 is 0. The first-order valence-corrected chi connectivity index (χ1v) is 8.08. The zero-order chi connectivity index (χ0) is 14.4. The molecule has 0 radical (unpaired) electrons. The van der Waals surface area contributed by atoms with Crippen molar-refractivity contribution in [1.82, 2.24) is 15.1 Å². The maximum Gasteiger partial charge on any atom is 0.122 e. The number of hydrogen-bond acceptors (Lipinski definition) is 4. The Morgan fingerprint density at radius 1 is 1.25 bits per heavy atom. The monoisotopic (exact) mass is 276 g/mol. The molecule has 4 nitrogen and oxygen atoms in total. The molecule has 4 heteroatoms. The SMILES string of the molecule is CN1CCN(CC(C#N)(NC2CC2)C2CC2)CC1(C)C. The summed E-state index contributed by atoms with van der Waals surface area (Å²) in [5.74, 6) is 0.580. The van der Waals surface area contributed by atoms with E-state index in [0.717, 1.165) is 26.2 Å². The Morgan fingerprint density at radius 2 is 1.95 bits per heavy atom. The van der Waals surface area contributed by atoms with Crippen LogP contribution in [0.5, 0.6) is 0 Å².